The lowest BCUT2D eigenvalue weighted by Gasteiger charge is -2.21. The monoisotopic (exact) mass is 433 g/mol. The van der Waals surface area contributed by atoms with Crippen LogP contribution in [0.4, 0.5) is 0 Å². The number of aryl methyl sites for hydroxylation is 1. The van der Waals surface area contributed by atoms with Crippen LogP contribution in [0.2, 0.25) is 0 Å². The number of benzene rings is 3. The van der Waals surface area contributed by atoms with E-state index in [1.54, 1.807) is 26.2 Å². The molecule has 32 heavy (non-hydrogen) atoms. The fourth-order valence-electron chi connectivity index (χ4n) is 3.97. The van der Waals surface area contributed by atoms with Crippen molar-refractivity contribution < 1.29 is 23.7 Å². The maximum Gasteiger partial charge on any atom is 0.254 e. The van der Waals surface area contributed by atoms with Crippen molar-refractivity contribution in [2.24, 2.45) is 0 Å². The lowest BCUT2D eigenvalue weighted by atomic mass is 9.99. The number of carbonyl (C=O) groups excluding carboxylic acids is 1. The van der Waals surface area contributed by atoms with Gasteiger partial charge in [0.2, 0.25) is 0 Å². The topological polar surface area (TPSA) is 57.2 Å². The van der Waals surface area contributed by atoms with Gasteiger partial charge in [-0.25, -0.2) is 0 Å². The van der Waals surface area contributed by atoms with Gasteiger partial charge in [-0.3, -0.25) is 4.79 Å². The highest BCUT2D eigenvalue weighted by molar-refractivity contribution is 5.94. The predicted molar refractivity (Wildman–Crippen MR) is 123 cm³/mol. The minimum atomic E-state index is -0.0271. The average molecular weight is 434 g/mol. The van der Waals surface area contributed by atoms with E-state index < -0.39 is 0 Å². The Kier molecular flexibility index (Phi) is 6.21. The molecule has 0 saturated heterocycles. The van der Waals surface area contributed by atoms with E-state index in [4.69, 9.17) is 18.9 Å². The SMILES string of the molecule is COc1cc(-c2c(OC)cccc2OC)cc2c1OCCN(C(=O)c1ccc(C)cc1)C2. The third-order valence-corrected chi connectivity index (χ3v) is 5.62. The van der Waals surface area contributed by atoms with Crippen LogP contribution in [0, 0.1) is 6.92 Å². The molecule has 1 aliphatic heterocycles. The fraction of sp³-hybridized carbons (Fsp3) is 0.269. The van der Waals surface area contributed by atoms with E-state index in [1.165, 1.54) is 0 Å². The third kappa shape index (κ3) is 4.08. The lowest BCUT2D eigenvalue weighted by Crippen LogP contribution is -2.32. The summed E-state index contributed by atoms with van der Waals surface area (Å²) < 4.78 is 22.9. The Morgan fingerprint density at radius 1 is 0.906 bits per heavy atom. The first-order valence-electron chi connectivity index (χ1n) is 10.5. The number of fused-ring (bicyclic) bond motifs is 1. The molecule has 4 rings (SSSR count). The van der Waals surface area contributed by atoms with Crippen LogP contribution in [-0.4, -0.2) is 45.3 Å². The van der Waals surface area contributed by atoms with E-state index in [1.807, 2.05) is 61.5 Å². The second-order valence-electron chi connectivity index (χ2n) is 7.65. The van der Waals surface area contributed by atoms with Crippen LogP contribution in [0.5, 0.6) is 23.0 Å². The summed E-state index contributed by atoms with van der Waals surface area (Å²) in [5, 5.41) is 0. The number of nitrogens with zero attached hydrogens (tertiary/aromatic N) is 1. The van der Waals surface area contributed by atoms with E-state index in [9.17, 15) is 4.79 Å². The molecule has 0 radical (unpaired) electrons. The molecule has 0 spiro atoms. The molecule has 0 aromatic heterocycles. The highest BCUT2D eigenvalue weighted by Gasteiger charge is 2.25. The Morgan fingerprint density at radius 2 is 1.56 bits per heavy atom. The maximum atomic E-state index is 13.2. The van der Waals surface area contributed by atoms with Crippen molar-refractivity contribution in [2.45, 2.75) is 13.5 Å². The Hall–Kier alpha value is -3.67. The van der Waals surface area contributed by atoms with Crippen molar-refractivity contribution >= 4 is 5.91 Å². The fourth-order valence-corrected chi connectivity index (χ4v) is 3.97. The van der Waals surface area contributed by atoms with Gasteiger partial charge in [0, 0.05) is 17.7 Å². The average Bonchev–Trinajstić information content (AvgIpc) is 3.05. The van der Waals surface area contributed by atoms with Gasteiger partial charge in [0.15, 0.2) is 11.5 Å². The van der Waals surface area contributed by atoms with Gasteiger partial charge in [-0.2, -0.15) is 0 Å². The van der Waals surface area contributed by atoms with Gasteiger partial charge >= 0.3 is 0 Å². The number of rotatable bonds is 5. The zero-order valence-electron chi connectivity index (χ0n) is 18.8. The Balaban J connectivity index is 1.77. The predicted octanol–water partition coefficient (Wildman–Crippen LogP) is 4.72. The lowest BCUT2D eigenvalue weighted by molar-refractivity contribution is 0.0733. The van der Waals surface area contributed by atoms with Crippen molar-refractivity contribution in [2.75, 3.05) is 34.5 Å². The van der Waals surface area contributed by atoms with E-state index in [0.717, 1.165) is 22.3 Å². The number of carbonyl (C=O) groups is 1. The van der Waals surface area contributed by atoms with Gasteiger partial charge in [0.25, 0.3) is 5.91 Å². The van der Waals surface area contributed by atoms with Gasteiger partial charge in [-0.1, -0.05) is 23.8 Å². The number of amides is 1. The Bertz CT molecular complexity index is 1100. The summed E-state index contributed by atoms with van der Waals surface area (Å²) in [7, 11) is 4.87. The molecule has 3 aromatic rings. The minimum absolute atomic E-state index is 0.0271. The largest absolute Gasteiger partial charge is 0.496 e. The molecule has 0 N–H and O–H groups in total. The highest BCUT2D eigenvalue weighted by atomic mass is 16.5. The smallest absolute Gasteiger partial charge is 0.254 e. The van der Waals surface area contributed by atoms with Crippen LogP contribution in [0.3, 0.4) is 0 Å². The van der Waals surface area contributed by atoms with Crippen molar-refractivity contribution in [1.82, 2.24) is 4.90 Å². The zero-order valence-corrected chi connectivity index (χ0v) is 18.8. The molecular formula is C26H27NO5. The second-order valence-corrected chi connectivity index (χ2v) is 7.65. The third-order valence-electron chi connectivity index (χ3n) is 5.62. The van der Waals surface area contributed by atoms with Crippen LogP contribution >= 0.6 is 0 Å². The van der Waals surface area contributed by atoms with Gasteiger partial charge in [0.1, 0.15) is 18.1 Å². The van der Waals surface area contributed by atoms with Crippen molar-refractivity contribution in [1.29, 1.82) is 0 Å². The van der Waals surface area contributed by atoms with Gasteiger partial charge < -0.3 is 23.8 Å². The Labute approximate surface area is 188 Å². The summed E-state index contributed by atoms with van der Waals surface area (Å²) in [4.78, 5) is 15.0. The Morgan fingerprint density at radius 3 is 2.19 bits per heavy atom. The van der Waals surface area contributed by atoms with Crippen molar-refractivity contribution in [3.63, 3.8) is 0 Å². The van der Waals surface area contributed by atoms with Gasteiger partial charge in [0.05, 0.1) is 33.4 Å². The van der Waals surface area contributed by atoms with Crippen LogP contribution in [0.1, 0.15) is 21.5 Å². The van der Waals surface area contributed by atoms with E-state index in [-0.39, 0.29) is 5.91 Å². The maximum absolute atomic E-state index is 13.2. The summed E-state index contributed by atoms with van der Waals surface area (Å²) >= 11 is 0. The van der Waals surface area contributed by atoms with Crippen LogP contribution in [-0.2, 0) is 6.54 Å². The summed E-state index contributed by atoms with van der Waals surface area (Å²) in [6.07, 6.45) is 0. The van der Waals surface area contributed by atoms with E-state index >= 15 is 0 Å². The first-order valence-corrected chi connectivity index (χ1v) is 10.5. The molecule has 0 atom stereocenters. The van der Waals surface area contributed by atoms with Crippen LogP contribution in [0.25, 0.3) is 11.1 Å². The summed E-state index contributed by atoms with van der Waals surface area (Å²) in [5.74, 6) is 2.61. The molecule has 0 unspecified atom stereocenters. The molecule has 3 aromatic carbocycles. The molecule has 0 saturated carbocycles. The molecule has 1 amide bonds. The first kappa shape index (κ1) is 21.6. The number of ether oxygens (including phenoxy) is 4. The molecule has 6 nitrogen and oxygen atoms in total. The van der Waals surface area contributed by atoms with Crippen LogP contribution < -0.4 is 18.9 Å². The molecule has 0 bridgehead atoms. The zero-order chi connectivity index (χ0) is 22.7. The molecule has 6 heteroatoms. The van der Waals surface area contributed by atoms with Gasteiger partial charge in [-0.15, -0.1) is 0 Å². The summed E-state index contributed by atoms with van der Waals surface area (Å²) in [6.45, 7) is 3.28. The van der Waals surface area contributed by atoms with Gasteiger partial charge in [-0.05, 0) is 48.9 Å². The quantitative estimate of drug-likeness (QED) is 0.583. The summed E-state index contributed by atoms with van der Waals surface area (Å²) in [6, 6.07) is 17.2. The van der Waals surface area contributed by atoms with Crippen molar-refractivity contribution in [3.8, 4) is 34.1 Å². The molecule has 0 aliphatic carbocycles. The normalized spacial score (nSPS) is 12.9. The molecule has 0 fully saturated rings. The van der Waals surface area contributed by atoms with E-state index in [0.29, 0.717) is 48.3 Å². The minimum Gasteiger partial charge on any atom is -0.496 e. The highest BCUT2D eigenvalue weighted by Crippen LogP contribution is 2.44. The molecule has 1 aliphatic rings. The number of hydrogen-bond acceptors (Lipinski definition) is 5. The number of methoxy groups -OCH3 is 3. The van der Waals surface area contributed by atoms with E-state index in [2.05, 4.69) is 0 Å². The first-order chi connectivity index (χ1) is 15.5. The number of hydrogen-bond donors (Lipinski definition) is 0. The molecule has 166 valence electrons. The van der Waals surface area contributed by atoms with Crippen LogP contribution in [0.15, 0.2) is 54.6 Å². The summed E-state index contributed by atoms with van der Waals surface area (Å²) in [5.41, 5.74) is 4.33. The molecular weight excluding hydrogens is 406 g/mol. The second kappa shape index (κ2) is 9.22. The van der Waals surface area contributed by atoms with Crippen molar-refractivity contribution in [3.05, 3.63) is 71.3 Å². The molecule has 1 heterocycles. The standard InChI is InChI=1S/C26H27NO5/c1-17-8-10-18(11-9-17)26(28)27-12-13-32-25-20(16-27)14-19(15-23(25)31-4)24-21(29-2)6-5-7-22(24)30-3/h5-11,14-15H,12-13,16H2,1-4H3.